The first kappa shape index (κ1) is 17.9. The highest BCUT2D eigenvalue weighted by atomic mass is 16.2. The summed E-state index contributed by atoms with van der Waals surface area (Å²) in [7, 11) is 0. The SMILES string of the molecule is Cc1ccc(-c2cn(CC3CNC(=O)C3)nn2)cc1C(=O)Nc1ccccc1. The van der Waals surface area contributed by atoms with Crippen LogP contribution in [-0.2, 0) is 11.3 Å². The highest BCUT2D eigenvalue weighted by Gasteiger charge is 2.22. The average molecular weight is 375 g/mol. The van der Waals surface area contributed by atoms with E-state index in [0.717, 1.165) is 16.8 Å². The second-order valence-electron chi connectivity index (χ2n) is 7.05. The van der Waals surface area contributed by atoms with E-state index in [2.05, 4.69) is 20.9 Å². The molecule has 0 aliphatic carbocycles. The van der Waals surface area contributed by atoms with Crippen LogP contribution in [0.1, 0.15) is 22.3 Å². The van der Waals surface area contributed by atoms with Crippen molar-refractivity contribution < 1.29 is 9.59 Å². The highest BCUT2D eigenvalue weighted by Crippen LogP contribution is 2.22. The molecule has 0 bridgehead atoms. The molecule has 1 aromatic heterocycles. The summed E-state index contributed by atoms with van der Waals surface area (Å²) in [6.07, 6.45) is 2.37. The number of hydrogen-bond donors (Lipinski definition) is 2. The Morgan fingerprint density at radius 2 is 2.07 bits per heavy atom. The quantitative estimate of drug-likeness (QED) is 0.717. The number of nitrogens with zero attached hydrogens (tertiary/aromatic N) is 3. The molecule has 2 amide bonds. The number of carbonyl (C=O) groups excluding carboxylic acids is 2. The average Bonchev–Trinajstić information content (AvgIpc) is 3.32. The molecule has 2 N–H and O–H groups in total. The lowest BCUT2D eigenvalue weighted by atomic mass is 10.0. The molecule has 7 nitrogen and oxygen atoms in total. The molecule has 2 aromatic carbocycles. The minimum atomic E-state index is -0.159. The van der Waals surface area contributed by atoms with Crippen LogP contribution < -0.4 is 10.6 Å². The highest BCUT2D eigenvalue weighted by molar-refractivity contribution is 6.05. The third-order valence-electron chi connectivity index (χ3n) is 4.86. The zero-order chi connectivity index (χ0) is 19.5. The summed E-state index contributed by atoms with van der Waals surface area (Å²) in [5, 5.41) is 14.2. The van der Waals surface area contributed by atoms with Gasteiger partial charge < -0.3 is 10.6 Å². The standard InChI is InChI=1S/C21H21N5O2/c1-14-7-8-16(10-18(14)21(28)23-17-5-3-2-4-6-17)19-13-26(25-24-19)12-15-9-20(27)22-11-15/h2-8,10,13,15H,9,11-12H2,1H3,(H,22,27)(H,23,28). The summed E-state index contributed by atoms with van der Waals surface area (Å²) < 4.78 is 1.75. The number of nitrogens with one attached hydrogen (secondary N) is 2. The van der Waals surface area contributed by atoms with E-state index in [4.69, 9.17) is 0 Å². The van der Waals surface area contributed by atoms with Crippen LogP contribution in [0.15, 0.2) is 54.7 Å². The minimum absolute atomic E-state index is 0.0814. The molecule has 0 spiro atoms. The molecule has 1 fully saturated rings. The molecule has 1 saturated heterocycles. The molecular weight excluding hydrogens is 354 g/mol. The number of anilines is 1. The molecule has 1 aliphatic rings. The van der Waals surface area contributed by atoms with E-state index < -0.39 is 0 Å². The van der Waals surface area contributed by atoms with Gasteiger partial charge in [-0.3, -0.25) is 14.3 Å². The van der Waals surface area contributed by atoms with Crippen LogP contribution in [0.2, 0.25) is 0 Å². The van der Waals surface area contributed by atoms with E-state index >= 15 is 0 Å². The Bertz CT molecular complexity index is 1010. The Labute approximate surface area is 162 Å². The van der Waals surface area contributed by atoms with Gasteiger partial charge in [-0.25, -0.2) is 0 Å². The largest absolute Gasteiger partial charge is 0.356 e. The van der Waals surface area contributed by atoms with Gasteiger partial charge in [0, 0.05) is 42.2 Å². The molecule has 1 unspecified atom stereocenters. The Balaban J connectivity index is 1.52. The molecule has 0 saturated carbocycles. The summed E-state index contributed by atoms with van der Waals surface area (Å²) in [4.78, 5) is 24.0. The number of amides is 2. The third-order valence-corrected chi connectivity index (χ3v) is 4.86. The van der Waals surface area contributed by atoms with Crippen molar-refractivity contribution in [1.29, 1.82) is 0 Å². The maximum Gasteiger partial charge on any atom is 0.255 e. The summed E-state index contributed by atoms with van der Waals surface area (Å²) in [6, 6.07) is 15.0. The number of hydrogen-bond acceptors (Lipinski definition) is 4. The van der Waals surface area contributed by atoms with E-state index in [1.807, 2.05) is 61.7 Å². The summed E-state index contributed by atoms with van der Waals surface area (Å²) in [5.41, 5.74) is 3.77. The van der Waals surface area contributed by atoms with E-state index in [1.54, 1.807) is 4.68 Å². The fourth-order valence-electron chi connectivity index (χ4n) is 3.32. The van der Waals surface area contributed by atoms with E-state index in [0.29, 0.717) is 30.8 Å². The molecule has 7 heteroatoms. The number of carbonyl (C=O) groups is 2. The zero-order valence-corrected chi connectivity index (χ0v) is 15.6. The Hall–Kier alpha value is -3.48. The van der Waals surface area contributed by atoms with Crippen LogP contribution in [0.4, 0.5) is 5.69 Å². The zero-order valence-electron chi connectivity index (χ0n) is 15.6. The van der Waals surface area contributed by atoms with Crippen molar-refractivity contribution in [3.63, 3.8) is 0 Å². The van der Waals surface area contributed by atoms with Crippen molar-refractivity contribution in [1.82, 2.24) is 20.3 Å². The van der Waals surface area contributed by atoms with Crippen molar-refractivity contribution >= 4 is 17.5 Å². The number of aryl methyl sites for hydroxylation is 1. The van der Waals surface area contributed by atoms with Crippen LogP contribution >= 0.6 is 0 Å². The lowest BCUT2D eigenvalue weighted by molar-refractivity contribution is -0.119. The number of aromatic nitrogens is 3. The van der Waals surface area contributed by atoms with Gasteiger partial charge in [0.2, 0.25) is 5.91 Å². The Kier molecular flexibility index (Phi) is 4.89. The fourth-order valence-corrected chi connectivity index (χ4v) is 3.32. The van der Waals surface area contributed by atoms with Crippen LogP contribution in [0.25, 0.3) is 11.3 Å². The van der Waals surface area contributed by atoms with Gasteiger partial charge in [-0.15, -0.1) is 5.10 Å². The summed E-state index contributed by atoms with van der Waals surface area (Å²) >= 11 is 0. The van der Waals surface area contributed by atoms with Gasteiger partial charge in [0.05, 0.1) is 6.20 Å². The number of benzene rings is 2. The van der Waals surface area contributed by atoms with Crippen LogP contribution in [-0.4, -0.2) is 33.4 Å². The molecule has 0 radical (unpaired) electrons. The van der Waals surface area contributed by atoms with E-state index in [1.165, 1.54) is 0 Å². The topological polar surface area (TPSA) is 88.9 Å². The summed E-state index contributed by atoms with van der Waals surface area (Å²) in [6.45, 7) is 3.21. The molecule has 28 heavy (non-hydrogen) atoms. The predicted molar refractivity (Wildman–Crippen MR) is 106 cm³/mol. The van der Waals surface area contributed by atoms with Crippen molar-refractivity contribution in [2.75, 3.05) is 11.9 Å². The molecule has 3 aromatic rings. The van der Waals surface area contributed by atoms with Crippen molar-refractivity contribution in [2.45, 2.75) is 19.9 Å². The Morgan fingerprint density at radius 3 is 2.82 bits per heavy atom. The smallest absolute Gasteiger partial charge is 0.255 e. The van der Waals surface area contributed by atoms with E-state index in [9.17, 15) is 9.59 Å². The molecule has 142 valence electrons. The minimum Gasteiger partial charge on any atom is -0.356 e. The van der Waals surface area contributed by atoms with Crippen molar-refractivity contribution in [3.05, 3.63) is 65.9 Å². The summed E-state index contributed by atoms with van der Waals surface area (Å²) in [5.74, 6) is 0.152. The number of rotatable bonds is 5. The predicted octanol–water partition coefficient (Wildman–Crippen LogP) is 2.64. The Morgan fingerprint density at radius 1 is 1.25 bits per heavy atom. The van der Waals surface area contributed by atoms with E-state index in [-0.39, 0.29) is 17.7 Å². The molecule has 4 rings (SSSR count). The van der Waals surface area contributed by atoms with Gasteiger partial charge >= 0.3 is 0 Å². The first-order chi connectivity index (χ1) is 13.6. The number of para-hydroxylation sites is 1. The van der Waals surface area contributed by atoms with Crippen LogP contribution in [0, 0.1) is 12.8 Å². The van der Waals surface area contributed by atoms with Gasteiger partial charge in [-0.1, -0.05) is 35.5 Å². The second kappa shape index (κ2) is 7.64. The molecule has 2 heterocycles. The van der Waals surface area contributed by atoms with Gasteiger partial charge in [-0.05, 0) is 30.7 Å². The lowest BCUT2D eigenvalue weighted by Crippen LogP contribution is -2.16. The van der Waals surface area contributed by atoms with Crippen LogP contribution in [0.5, 0.6) is 0 Å². The molecule has 1 atom stereocenters. The van der Waals surface area contributed by atoms with Gasteiger partial charge in [-0.2, -0.15) is 0 Å². The normalized spacial score (nSPS) is 16.0. The molecular formula is C21H21N5O2. The van der Waals surface area contributed by atoms with Crippen molar-refractivity contribution in [2.24, 2.45) is 5.92 Å². The second-order valence-corrected chi connectivity index (χ2v) is 7.05. The first-order valence-corrected chi connectivity index (χ1v) is 9.23. The molecule has 1 aliphatic heterocycles. The van der Waals surface area contributed by atoms with Crippen LogP contribution in [0.3, 0.4) is 0 Å². The van der Waals surface area contributed by atoms with Crippen molar-refractivity contribution in [3.8, 4) is 11.3 Å². The maximum absolute atomic E-state index is 12.7. The maximum atomic E-state index is 12.7. The first-order valence-electron chi connectivity index (χ1n) is 9.23. The van der Waals surface area contributed by atoms with Gasteiger partial charge in [0.1, 0.15) is 5.69 Å². The monoisotopic (exact) mass is 375 g/mol. The fraction of sp³-hybridized carbons (Fsp3) is 0.238. The third kappa shape index (κ3) is 3.93. The van der Waals surface area contributed by atoms with Gasteiger partial charge in [0.15, 0.2) is 0 Å². The van der Waals surface area contributed by atoms with Gasteiger partial charge in [0.25, 0.3) is 5.91 Å². The lowest BCUT2D eigenvalue weighted by Gasteiger charge is -2.09.